The van der Waals surface area contributed by atoms with Gasteiger partial charge in [-0.25, -0.2) is 4.39 Å². The van der Waals surface area contributed by atoms with E-state index in [1.165, 1.54) is 19.3 Å². The van der Waals surface area contributed by atoms with Gasteiger partial charge in [0.25, 0.3) is 0 Å². The number of hydrogen-bond donors (Lipinski definition) is 1. The van der Waals surface area contributed by atoms with E-state index in [0.29, 0.717) is 31.3 Å². The Bertz CT molecular complexity index is 957. The molecule has 3 saturated carbocycles. The summed E-state index contributed by atoms with van der Waals surface area (Å²) in [5.41, 5.74) is -4.82. The van der Waals surface area contributed by atoms with Gasteiger partial charge in [-0.2, -0.15) is 0 Å². The van der Waals surface area contributed by atoms with Crippen LogP contribution < -0.4 is 0 Å². The summed E-state index contributed by atoms with van der Waals surface area (Å²) in [6.07, 6.45) is 5.38. The lowest BCUT2D eigenvalue weighted by Crippen LogP contribution is -2.70. The molecule has 0 heterocycles. The molecule has 34 heavy (non-hydrogen) atoms. The van der Waals surface area contributed by atoms with E-state index in [2.05, 4.69) is 0 Å². The van der Waals surface area contributed by atoms with E-state index in [1.54, 1.807) is 13.0 Å². The summed E-state index contributed by atoms with van der Waals surface area (Å²) in [5.74, 6) is -2.13. The number of Topliss-reactive ketones (excluding diaryl/α,β-unsaturated/α-hetero) is 1. The molecule has 4 rings (SSSR count). The molecule has 0 amide bonds. The summed E-state index contributed by atoms with van der Waals surface area (Å²) in [4.78, 5) is 38.4. The first-order chi connectivity index (χ1) is 15.9. The van der Waals surface area contributed by atoms with Crippen LogP contribution in [0.25, 0.3) is 0 Å². The van der Waals surface area contributed by atoms with E-state index in [1.807, 2.05) is 20.8 Å². The van der Waals surface area contributed by atoms with Gasteiger partial charge in [0, 0.05) is 36.2 Å². The molecule has 7 heteroatoms. The van der Waals surface area contributed by atoms with Gasteiger partial charge < -0.3 is 14.6 Å². The average Bonchev–Trinajstić information content (AvgIpc) is 2.97. The van der Waals surface area contributed by atoms with Crippen LogP contribution >= 0.6 is 0 Å². The molecule has 0 unspecified atom stereocenters. The second kappa shape index (κ2) is 8.37. The number of rotatable bonds is 6. The van der Waals surface area contributed by atoms with Gasteiger partial charge in [-0.1, -0.05) is 32.4 Å². The Morgan fingerprint density at radius 3 is 2.62 bits per heavy atom. The van der Waals surface area contributed by atoms with Crippen LogP contribution in [0.15, 0.2) is 23.8 Å². The van der Waals surface area contributed by atoms with Gasteiger partial charge >= 0.3 is 5.97 Å². The molecule has 0 radical (unpaired) electrons. The number of ketones is 2. The Balaban J connectivity index is 1.83. The summed E-state index contributed by atoms with van der Waals surface area (Å²) >= 11 is 0. The zero-order chi connectivity index (χ0) is 25.1. The van der Waals surface area contributed by atoms with Gasteiger partial charge in [-0.15, -0.1) is 0 Å². The predicted molar refractivity (Wildman–Crippen MR) is 124 cm³/mol. The Kier molecular flexibility index (Phi) is 6.21. The fourth-order valence-electron chi connectivity index (χ4n) is 8.07. The lowest BCUT2D eigenvalue weighted by molar-refractivity contribution is -0.228. The number of hydrogen-bond acceptors (Lipinski definition) is 6. The van der Waals surface area contributed by atoms with Crippen molar-refractivity contribution in [2.75, 3.05) is 13.7 Å². The summed E-state index contributed by atoms with van der Waals surface area (Å²) < 4.78 is 28.6. The molecule has 4 aliphatic rings. The molecule has 0 spiro atoms. The lowest BCUT2D eigenvalue weighted by Gasteiger charge is -2.62. The molecule has 3 fully saturated rings. The van der Waals surface area contributed by atoms with Crippen LogP contribution in [0.3, 0.4) is 0 Å². The number of aliphatic hydroxyl groups is 1. The Morgan fingerprint density at radius 2 is 1.97 bits per heavy atom. The van der Waals surface area contributed by atoms with Crippen molar-refractivity contribution in [2.24, 2.45) is 28.6 Å². The fraction of sp³-hybridized carbons (Fsp3) is 0.741. The number of aliphatic hydroxyl groups excluding tert-OH is 1. The van der Waals surface area contributed by atoms with Gasteiger partial charge in [0.05, 0.1) is 6.10 Å². The number of allylic oxidation sites excluding steroid dienone is 4. The van der Waals surface area contributed by atoms with Crippen molar-refractivity contribution in [3.8, 4) is 0 Å². The fourth-order valence-corrected chi connectivity index (χ4v) is 8.07. The average molecular weight is 477 g/mol. The second-order valence-corrected chi connectivity index (χ2v) is 11.2. The first-order valence-corrected chi connectivity index (χ1v) is 12.5. The van der Waals surface area contributed by atoms with E-state index in [0.717, 1.165) is 0 Å². The third kappa shape index (κ3) is 3.08. The predicted octanol–water partition coefficient (Wildman–Crippen LogP) is 3.90. The van der Waals surface area contributed by atoms with Gasteiger partial charge in [0.2, 0.25) is 5.78 Å². The molecule has 0 aromatic heterocycles. The van der Waals surface area contributed by atoms with Crippen molar-refractivity contribution in [2.45, 2.75) is 83.6 Å². The smallest absolute Gasteiger partial charge is 0.306 e. The number of alkyl halides is 1. The minimum atomic E-state index is -1.99. The maximum absolute atomic E-state index is 17.3. The Labute approximate surface area is 200 Å². The molecule has 1 N–H and O–H groups in total. The number of halogens is 1. The van der Waals surface area contributed by atoms with Gasteiger partial charge in [0.15, 0.2) is 17.1 Å². The first-order valence-electron chi connectivity index (χ1n) is 12.5. The van der Waals surface area contributed by atoms with Gasteiger partial charge in [-0.05, 0) is 57.1 Å². The van der Waals surface area contributed by atoms with E-state index in [9.17, 15) is 19.5 Å². The van der Waals surface area contributed by atoms with Crippen molar-refractivity contribution in [1.29, 1.82) is 0 Å². The second-order valence-electron chi connectivity index (χ2n) is 11.2. The third-order valence-electron chi connectivity index (χ3n) is 9.60. The highest BCUT2D eigenvalue weighted by atomic mass is 19.1. The number of methoxy groups -OCH3 is 1. The van der Waals surface area contributed by atoms with Crippen LogP contribution in [0.1, 0.15) is 66.2 Å². The maximum Gasteiger partial charge on any atom is 0.306 e. The summed E-state index contributed by atoms with van der Waals surface area (Å²) in [6.45, 7) is 7.18. The number of fused-ring (bicyclic) bond motifs is 5. The van der Waals surface area contributed by atoms with Crippen molar-refractivity contribution >= 4 is 17.5 Å². The third-order valence-corrected chi connectivity index (χ3v) is 9.60. The largest absolute Gasteiger partial charge is 0.450 e. The number of carbonyl (C=O) groups is 3. The first kappa shape index (κ1) is 25.2. The summed E-state index contributed by atoms with van der Waals surface area (Å²) in [5, 5.41) is 11.5. The lowest BCUT2D eigenvalue weighted by atomic mass is 9.44. The number of carbonyl (C=O) groups excluding carboxylic acids is 3. The van der Waals surface area contributed by atoms with Gasteiger partial charge in [-0.3, -0.25) is 14.4 Å². The zero-order valence-electron chi connectivity index (χ0n) is 20.9. The normalized spacial score (nSPS) is 45.1. The van der Waals surface area contributed by atoms with Crippen LogP contribution in [0.5, 0.6) is 0 Å². The topological polar surface area (TPSA) is 89.9 Å². The molecule has 0 saturated heterocycles. The van der Waals surface area contributed by atoms with Crippen molar-refractivity contribution in [3.63, 3.8) is 0 Å². The van der Waals surface area contributed by atoms with E-state index in [4.69, 9.17) is 9.47 Å². The maximum atomic E-state index is 17.3. The molecule has 4 aliphatic carbocycles. The SMILES string of the molecule is CCCC(=O)O[C@]1(C(=O)COC)[C@H](C)C[C@H]2[C@@H]3CCC4=CC(=O)C=C[C@]4(C)[C@@]3(F)[C@@H](O)C[C@@]21C. The van der Waals surface area contributed by atoms with E-state index in [-0.39, 0.29) is 42.9 Å². The van der Waals surface area contributed by atoms with Crippen molar-refractivity contribution in [1.82, 2.24) is 0 Å². The van der Waals surface area contributed by atoms with Gasteiger partial charge in [0.1, 0.15) is 6.61 Å². The van der Waals surface area contributed by atoms with Crippen molar-refractivity contribution in [3.05, 3.63) is 23.8 Å². The highest BCUT2D eigenvalue weighted by Gasteiger charge is 2.77. The zero-order valence-corrected chi connectivity index (χ0v) is 20.9. The van der Waals surface area contributed by atoms with Crippen LogP contribution in [0.2, 0.25) is 0 Å². The molecule has 0 aromatic carbocycles. The molecule has 8 atom stereocenters. The highest BCUT2D eigenvalue weighted by molar-refractivity contribution is 6.01. The molecular formula is C27H37FO6. The number of esters is 1. The monoisotopic (exact) mass is 476 g/mol. The van der Waals surface area contributed by atoms with Crippen molar-refractivity contribution < 1.29 is 33.4 Å². The molecule has 0 aromatic rings. The minimum absolute atomic E-state index is 0.0193. The highest BCUT2D eigenvalue weighted by Crippen LogP contribution is 2.71. The minimum Gasteiger partial charge on any atom is -0.450 e. The van der Waals surface area contributed by atoms with Crippen LogP contribution in [0, 0.1) is 28.6 Å². The molecule has 0 aliphatic heterocycles. The molecule has 0 bridgehead atoms. The van der Waals surface area contributed by atoms with E-state index < -0.39 is 40.1 Å². The quantitative estimate of drug-likeness (QED) is 0.585. The Morgan fingerprint density at radius 1 is 1.26 bits per heavy atom. The standard InChI is InChI=1S/C27H37FO6/c1-6-7-23(32)34-27(22(31)15-33-5)16(2)12-20-19-9-8-17-13-18(29)10-11-24(17,3)26(19,28)21(30)14-25(20,27)4/h10-11,13,16,19-21,30H,6-9,12,14-15H2,1-5H3/t16-,19+,20+,21+,24+,25+,26+,27+/m1/s1. The Hall–Kier alpha value is -1.86. The molecular weight excluding hydrogens is 439 g/mol. The summed E-state index contributed by atoms with van der Waals surface area (Å²) in [6, 6.07) is 0. The molecule has 188 valence electrons. The molecule has 6 nitrogen and oxygen atoms in total. The van der Waals surface area contributed by atoms with Crippen LogP contribution in [-0.4, -0.2) is 53.7 Å². The van der Waals surface area contributed by atoms with E-state index >= 15 is 4.39 Å². The summed E-state index contributed by atoms with van der Waals surface area (Å²) in [7, 11) is 1.42. The number of ether oxygens (including phenoxy) is 2. The van der Waals surface area contributed by atoms with Crippen LogP contribution in [-0.2, 0) is 23.9 Å². The van der Waals surface area contributed by atoms with Crippen LogP contribution in [0.4, 0.5) is 4.39 Å².